The second-order valence-electron chi connectivity index (χ2n) is 6.82. The molecule has 0 radical (unpaired) electrons. The van der Waals surface area contributed by atoms with E-state index in [-0.39, 0.29) is 11.9 Å². The Morgan fingerprint density at radius 3 is 2.58 bits per heavy atom. The Hall–Kier alpha value is -2.95. The van der Waals surface area contributed by atoms with Gasteiger partial charge < -0.3 is 5.32 Å². The van der Waals surface area contributed by atoms with Gasteiger partial charge in [0.1, 0.15) is 12.7 Å². The molecule has 1 heterocycles. The molecular formula is C21H22N4O. The molecule has 1 N–H and O–H groups in total. The summed E-state index contributed by atoms with van der Waals surface area (Å²) >= 11 is 0. The van der Waals surface area contributed by atoms with Gasteiger partial charge >= 0.3 is 0 Å². The molecule has 0 saturated heterocycles. The van der Waals surface area contributed by atoms with E-state index in [4.69, 9.17) is 0 Å². The zero-order chi connectivity index (χ0) is 17.9. The maximum atomic E-state index is 12.6. The molecule has 2 aromatic carbocycles. The number of carbonyl (C=O) groups is 1. The quantitative estimate of drug-likeness (QED) is 0.785. The number of rotatable bonds is 4. The predicted molar refractivity (Wildman–Crippen MR) is 100 cm³/mol. The van der Waals surface area contributed by atoms with Crippen molar-refractivity contribution in [2.45, 2.75) is 38.6 Å². The number of aryl methyl sites for hydroxylation is 2. The molecule has 1 atom stereocenters. The third-order valence-electron chi connectivity index (χ3n) is 5.03. The van der Waals surface area contributed by atoms with Gasteiger partial charge in [0.15, 0.2) is 0 Å². The van der Waals surface area contributed by atoms with Gasteiger partial charge in [-0.15, -0.1) is 0 Å². The summed E-state index contributed by atoms with van der Waals surface area (Å²) in [6, 6.07) is 14.0. The SMILES string of the molecule is CC(NC(=O)c1ccc2c(c1)CCCC2)c1ccc(-n2cncn2)cc1. The van der Waals surface area contributed by atoms with Crippen molar-refractivity contribution >= 4 is 5.91 Å². The summed E-state index contributed by atoms with van der Waals surface area (Å²) in [5, 5.41) is 7.22. The van der Waals surface area contributed by atoms with Crippen LogP contribution in [0.2, 0.25) is 0 Å². The molecule has 4 rings (SSSR count). The Bertz CT molecular complexity index is 900. The van der Waals surface area contributed by atoms with E-state index in [9.17, 15) is 4.79 Å². The first-order chi connectivity index (χ1) is 12.7. The van der Waals surface area contributed by atoms with Crippen LogP contribution in [0.1, 0.15) is 52.9 Å². The van der Waals surface area contributed by atoms with Crippen molar-refractivity contribution in [3.8, 4) is 5.69 Å². The van der Waals surface area contributed by atoms with Crippen LogP contribution in [0.5, 0.6) is 0 Å². The Morgan fingerprint density at radius 1 is 1.08 bits per heavy atom. The maximum absolute atomic E-state index is 12.6. The van der Waals surface area contributed by atoms with Crippen LogP contribution in [0.25, 0.3) is 5.69 Å². The number of fused-ring (bicyclic) bond motifs is 1. The van der Waals surface area contributed by atoms with E-state index in [0.717, 1.165) is 29.7 Å². The fraction of sp³-hybridized carbons (Fsp3) is 0.286. The standard InChI is InChI=1S/C21H22N4O/c1-15(16-8-10-20(11-9-16)25-14-22-13-23-25)24-21(26)19-7-6-17-4-2-3-5-18(17)12-19/h6-15H,2-5H2,1H3,(H,24,26). The van der Waals surface area contributed by atoms with E-state index in [0.29, 0.717) is 0 Å². The highest BCUT2D eigenvalue weighted by Crippen LogP contribution is 2.23. The number of nitrogens with one attached hydrogen (secondary N) is 1. The summed E-state index contributed by atoms with van der Waals surface area (Å²) < 4.78 is 1.71. The van der Waals surface area contributed by atoms with Crippen molar-refractivity contribution < 1.29 is 4.79 Å². The fourth-order valence-corrected chi connectivity index (χ4v) is 3.50. The van der Waals surface area contributed by atoms with Crippen molar-refractivity contribution in [1.29, 1.82) is 0 Å². The predicted octanol–water partition coefficient (Wildman–Crippen LogP) is 3.64. The van der Waals surface area contributed by atoms with Crippen LogP contribution in [0.4, 0.5) is 0 Å². The summed E-state index contributed by atoms with van der Waals surface area (Å²) in [5.74, 6) is -0.0220. The van der Waals surface area contributed by atoms with Crippen molar-refractivity contribution in [2.24, 2.45) is 0 Å². The summed E-state index contributed by atoms with van der Waals surface area (Å²) in [6.07, 6.45) is 7.85. The summed E-state index contributed by atoms with van der Waals surface area (Å²) in [5.41, 5.74) is 5.47. The monoisotopic (exact) mass is 346 g/mol. The molecular weight excluding hydrogens is 324 g/mol. The summed E-state index contributed by atoms with van der Waals surface area (Å²) in [7, 11) is 0. The molecule has 1 aromatic heterocycles. The fourth-order valence-electron chi connectivity index (χ4n) is 3.50. The van der Waals surface area contributed by atoms with Crippen molar-refractivity contribution in [3.05, 3.63) is 77.4 Å². The van der Waals surface area contributed by atoms with Crippen LogP contribution in [0.3, 0.4) is 0 Å². The molecule has 1 aliphatic rings. The Labute approximate surface area is 153 Å². The van der Waals surface area contributed by atoms with Gasteiger partial charge in [-0.2, -0.15) is 5.10 Å². The molecule has 5 nitrogen and oxygen atoms in total. The number of hydrogen-bond donors (Lipinski definition) is 1. The van der Waals surface area contributed by atoms with E-state index in [1.54, 1.807) is 11.0 Å². The molecule has 1 aliphatic carbocycles. The first-order valence-electron chi connectivity index (χ1n) is 9.08. The van der Waals surface area contributed by atoms with E-state index in [1.165, 1.54) is 30.3 Å². The molecule has 0 spiro atoms. The van der Waals surface area contributed by atoms with Crippen molar-refractivity contribution in [3.63, 3.8) is 0 Å². The lowest BCUT2D eigenvalue weighted by Gasteiger charge is -2.18. The minimum absolute atomic E-state index is 0.0220. The van der Waals surface area contributed by atoms with Gasteiger partial charge in [-0.25, -0.2) is 9.67 Å². The number of nitrogens with zero attached hydrogens (tertiary/aromatic N) is 3. The molecule has 0 saturated carbocycles. The Balaban J connectivity index is 1.45. The van der Waals surface area contributed by atoms with Gasteiger partial charge in [-0.05, 0) is 73.6 Å². The third kappa shape index (κ3) is 3.38. The molecule has 26 heavy (non-hydrogen) atoms. The molecule has 1 amide bonds. The lowest BCUT2D eigenvalue weighted by molar-refractivity contribution is 0.0939. The minimum Gasteiger partial charge on any atom is -0.346 e. The second-order valence-corrected chi connectivity index (χ2v) is 6.82. The smallest absolute Gasteiger partial charge is 0.251 e. The first-order valence-corrected chi connectivity index (χ1v) is 9.08. The van der Waals surface area contributed by atoms with Crippen LogP contribution in [-0.2, 0) is 12.8 Å². The van der Waals surface area contributed by atoms with Gasteiger partial charge in [0.25, 0.3) is 5.91 Å². The normalized spacial score (nSPS) is 14.5. The van der Waals surface area contributed by atoms with Crippen LogP contribution >= 0.6 is 0 Å². The number of benzene rings is 2. The van der Waals surface area contributed by atoms with Crippen molar-refractivity contribution in [2.75, 3.05) is 0 Å². The Morgan fingerprint density at radius 2 is 1.85 bits per heavy atom. The zero-order valence-electron chi connectivity index (χ0n) is 14.9. The molecule has 1 unspecified atom stereocenters. The highest BCUT2D eigenvalue weighted by atomic mass is 16.1. The highest BCUT2D eigenvalue weighted by molar-refractivity contribution is 5.94. The van der Waals surface area contributed by atoms with E-state index in [1.807, 2.05) is 37.3 Å². The molecule has 0 aliphatic heterocycles. The van der Waals surface area contributed by atoms with Crippen LogP contribution in [0, 0.1) is 0 Å². The molecule has 3 aromatic rings. The summed E-state index contributed by atoms with van der Waals surface area (Å²) in [4.78, 5) is 16.6. The zero-order valence-corrected chi connectivity index (χ0v) is 14.9. The van der Waals surface area contributed by atoms with Gasteiger partial charge in [0.2, 0.25) is 0 Å². The minimum atomic E-state index is -0.0664. The maximum Gasteiger partial charge on any atom is 0.251 e. The van der Waals surface area contributed by atoms with E-state index < -0.39 is 0 Å². The number of amides is 1. The topological polar surface area (TPSA) is 59.8 Å². The lowest BCUT2D eigenvalue weighted by atomic mass is 9.90. The largest absolute Gasteiger partial charge is 0.346 e. The van der Waals surface area contributed by atoms with E-state index in [2.05, 4.69) is 27.5 Å². The number of hydrogen-bond acceptors (Lipinski definition) is 3. The third-order valence-corrected chi connectivity index (χ3v) is 5.03. The van der Waals surface area contributed by atoms with Gasteiger partial charge in [0.05, 0.1) is 11.7 Å². The van der Waals surface area contributed by atoms with Crippen LogP contribution in [0.15, 0.2) is 55.1 Å². The second kappa shape index (κ2) is 7.12. The summed E-state index contributed by atoms with van der Waals surface area (Å²) in [6.45, 7) is 2.00. The number of aromatic nitrogens is 3. The molecule has 0 fully saturated rings. The average Bonchev–Trinajstić information content (AvgIpc) is 3.22. The van der Waals surface area contributed by atoms with Gasteiger partial charge in [-0.1, -0.05) is 18.2 Å². The number of carbonyl (C=O) groups excluding carboxylic acids is 1. The molecule has 5 heteroatoms. The first kappa shape index (κ1) is 16.5. The van der Waals surface area contributed by atoms with Crippen molar-refractivity contribution in [1.82, 2.24) is 20.1 Å². The highest BCUT2D eigenvalue weighted by Gasteiger charge is 2.15. The lowest BCUT2D eigenvalue weighted by Crippen LogP contribution is -2.27. The Kier molecular flexibility index (Phi) is 4.52. The van der Waals surface area contributed by atoms with Gasteiger partial charge in [0, 0.05) is 5.56 Å². The molecule has 132 valence electrons. The van der Waals surface area contributed by atoms with Crippen LogP contribution < -0.4 is 5.32 Å². The van der Waals surface area contributed by atoms with E-state index >= 15 is 0 Å². The van der Waals surface area contributed by atoms with Gasteiger partial charge in [-0.3, -0.25) is 4.79 Å². The molecule has 0 bridgehead atoms. The van der Waals surface area contributed by atoms with Crippen LogP contribution in [-0.4, -0.2) is 20.7 Å². The average molecular weight is 346 g/mol.